The molecule has 0 aliphatic heterocycles. The van der Waals surface area contributed by atoms with Crippen molar-refractivity contribution in [1.29, 1.82) is 0 Å². The van der Waals surface area contributed by atoms with Crippen LogP contribution < -0.4 is 0 Å². The number of nitrogens with zero attached hydrogens (tertiary/aromatic N) is 4. The summed E-state index contributed by atoms with van der Waals surface area (Å²) in [7, 11) is 0. The topological polar surface area (TPSA) is 56.7 Å². The molecule has 5 heteroatoms. The average Bonchev–Trinajstić information content (AvgIpc) is 3.89. The smallest absolute Gasteiger partial charge is 0.164 e. The van der Waals surface area contributed by atoms with Gasteiger partial charge in [0.25, 0.3) is 0 Å². The second kappa shape index (κ2) is 14.7. The second-order valence-corrected chi connectivity index (χ2v) is 15.6. The first-order valence-electron chi connectivity index (χ1n) is 20.8. The summed E-state index contributed by atoms with van der Waals surface area (Å²) in [5, 5.41) is 4.52. The predicted molar refractivity (Wildman–Crippen MR) is 254 cm³/mol. The Bertz CT molecular complexity index is 3540. The molecule has 0 amide bonds. The zero-order chi connectivity index (χ0) is 41.0. The Hall–Kier alpha value is -8.41. The number of aromatic nitrogens is 4. The first kappa shape index (κ1) is 35.5. The third kappa shape index (κ3) is 6.23. The summed E-state index contributed by atoms with van der Waals surface area (Å²) in [5.74, 6) is 1.88. The second-order valence-electron chi connectivity index (χ2n) is 15.6. The molecule has 62 heavy (non-hydrogen) atoms. The molecule has 0 spiro atoms. The lowest BCUT2D eigenvalue weighted by molar-refractivity contribution is 0.669. The van der Waals surface area contributed by atoms with E-state index in [1.54, 1.807) is 0 Å². The molecule has 290 valence electrons. The number of hydrogen-bond acceptors (Lipinski definition) is 4. The van der Waals surface area contributed by atoms with Crippen LogP contribution in [0.1, 0.15) is 0 Å². The van der Waals surface area contributed by atoms with Crippen LogP contribution >= 0.6 is 0 Å². The van der Waals surface area contributed by atoms with Crippen LogP contribution in [-0.4, -0.2) is 19.5 Å². The summed E-state index contributed by atoms with van der Waals surface area (Å²) < 4.78 is 8.74. The molecule has 0 aliphatic rings. The van der Waals surface area contributed by atoms with Crippen LogP contribution in [0.4, 0.5) is 0 Å². The fourth-order valence-corrected chi connectivity index (χ4v) is 8.75. The van der Waals surface area contributed by atoms with E-state index in [0.717, 1.165) is 55.4 Å². The monoisotopic (exact) mass is 792 g/mol. The Balaban J connectivity index is 0.881. The molecule has 9 aromatic carbocycles. The summed E-state index contributed by atoms with van der Waals surface area (Å²) in [6, 6.07) is 76.6. The number of furan rings is 1. The van der Waals surface area contributed by atoms with Gasteiger partial charge in [-0.05, 0) is 94.0 Å². The number of para-hydroxylation sites is 1. The lowest BCUT2D eigenvalue weighted by Crippen LogP contribution is -2.00. The van der Waals surface area contributed by atoms with E-state index in [1.165, 1.54) is 44.1 Å². The molecule has 0 bridgehead atoms. The van der Waals surface area contributed by atoms with E-state index in [0.29, 0.717) is 17.5 Å². The van der Waals surface area contributed by atoms with Crippen molar-refractivity contribution in [1.82, 2.24) is 19.5 Å². The van der Waals surface area contributed by atoms with Crippen LogP contribution in [-0.2, 0) is 0 Å². The Morgan fingerprint density at radius 2 is 0.661 bits per heavy atom. The minimum atomic E-state index is 0.612. The van der Waals surface area contributed by atoms with Crippen molar-refractivity contribution in [2.45, 2.75) is 0 Å². The molecule has 0 unspecified atom stereocenters. The van der Waals surface area contributed by atoms with Crippen LogP contribution in [0.25, 0.3) is 117 Å². The number of fused-ring (bicyclic) bond motifs is 6. The molecular formula is C57H36N4O. The third-order valence-corrected chi connectivity index (χ3v) is 11.9. The van der Waals surface area contributed by atoms with Crippen molar-refractivity contribution < 1.29 is 4.42 Å². The number of benzene rings is 9. The van der Waals surface area contributed by atoms with E-state index in [4.69, 9.17) is 19.4 Å². The van der Waals surface area contributed by atoms with Crippen LogP contribution in [0.2, 0.25) is 0 Å². The Morgan fingerprint density at radius 1 is 0.274 bits per heavy atom. The Labute approximate surface area is 357 Å². The molecule has 12 rings (SSSR count). The summed E-state index contributed by atoms with van der Waals surface area (Å²) >= 11 is 0. The average molecular weight is 793 g/mol. The fourth-order valence-electron chi connectivity index (χ4n) is 8.75. The van der Waals surface area contributed by atoms with E-state index in [1.807, 2.05) is 72.8 Å². The minimum absolute atomic E-state index is 0.612. The largest absolute Gasteiger partial charge is 0.456 e. The van der Waals surface area contributed by atoms with Crippen LogP contribution in [0, 0.1) is 0 Å². The summed E-state index contributed by atoms with van der Waals surface area (Å²) in [5.41, 5.74) is 15.0. The predicted octanol–water partition coefficient (Wildman–Crippen LogP) is 14.9. The molecule has 0 saturated carbocycles. The van der Waals surface area contributed by atoms with E-state index in [9.17, 15) is 0 Å². The molecule has 0 fully saturated rings. The van der Waals surface area contributed by atoms with Gasteiger partial charge in [-0.3, -0.25) is 0 Å². The van der Waals surface area contributed by atoms with Crippen molar-refractivity contribution >= 4 is 43.7 Å². The number of rotatable bonds is 7. The van der Waals surface area contributed by atoms with Crippen molar-refractivity contribution in [3.8, 4) is 73.2 Å². The van der Waals surface area contributed by atoms with Crippen LogP contribution in [0.15, 0.2) is 223 Å². The lowest BCUT2D eigenvalue weighted by Gasteiger charge is -2.10. The van der Waals surface area contributed by atoms with Gasteiger partial charge < -0.3 is 8.98 Å². The first-order valence-corrected chi connectivity index (χ1v) is 20.8. The van der Waals surface area contributed by atoms with Crippen molar-refractivity contribution in [3.05, 3.63) is 218 Å². The maximum Gasteiger partial charge on any atom is 0.164 e. The van der Waals surface area contributed by atoms with Crippen molar-refractivity contribution in [3.63, 3.8) is 0 Å². The number of hydrogen-bond donors (Lipinski definition) is 0. The van der Waals surface area contributed by atoms with Gasteiger partial charge in [0.1, 0.15) is 11.2 Å². The van der Waals surface area contributed by atoms with Crippen molar-refractivity contribution in [2.75, 3.05) is 0 Å². The summed E-state index contributed by atoms with van der Waals surface area (Å²) in [4.78, 5) is 14.8. The summed E-state index contributed by atoms with van der Waals surface area (Å²) in [6.45, 7) is 0. The lowest BCUT2D eigenvalue weighted by atomic mass is 9.98. The van der Waals surface area contributed by atoms with Gasteiger partial charge in [0.2, 0.25) is 0 Å². The highest BCUT2D eigenvalue weighted by molar-refractivity contribution is 6.11. The van der Waals surface area contributed by atoms with E-state index in [2.05, 4.69) is 150 Å². The quantitative estimate of drug-likeness (QED) is 0.161. The van der Waals surface area contributed by atoms with Gasteiger partial charge in [0.15, 0.2) is 17.5 Å². The molecular weight excluding hydrogens is 757 g/mol. The van der Waals surface area contributed by atoms with Gasteiger partial charge in [0.05, 0.1) is 11.0 Å². The standard InChI is InChI=1S/C57H36N4O/c1-4-12-37(13-5-1)38-24-29-46(30-25-38)61-51-19-11-10-18-47(51)48-34-43(26-31-52(48)61)39-20-22-40(23-21-39)44-27-32-53-49(35-44)50-36-45(28-33-54(50)62-53)57-59-55(41-14-6-2-7-15-41)58-56(60-57)42-16-8-3-9-17-42/h1-36H. The minimum Gasteiger partial charge on any atom is -0.456 e. The van der Waals surface area contributed by atoms with E-state index < -0.39 is 0 Å². The zero-order valence-corrected chi connectivity index (χ0v) is 33.5. The van der Waals surface area contributed by atoms with E-state index in [-0.39, 0.29) is 0 Å². The SMILES string of the molecule is c1ccc(-c2ccc(-n3c4ccccc4c4cc(-c5ccc(-c6ccc7oc8ccc(-c9nc(-c%10ccccc%10)nc(-c%10ccccc%10)n9)cc8c7c6)cc5)ccc43)cc2)cc1. The highest BCUT2D eigenvalue weighted by atomic mass is 16.3. The van der Waals surface area contributed by atoms with Gasteiger partial charge in [-0.2, -0.15) is 0 Å². The van der Waals surface area contributed by atoms with Crippen LogP contribution in [0.3, 0.4) is 0 Å². The van der Waals surface area contributed by atoms with Gasteiger partial charge in [-0.15, -0.1) is 0 Å². The van der Waals surface area contributed by atoms with Gasteiger partial charge in [0, 0.05) is 43.9 Å². The fraction of sp³-hybridized carbons (Fsp3) is 0. The molecule has 0 aliphatic carbocycles. The van der Waals surface area contributed by atoms with Crippen LogP contribution in [0.5, 0.6) is 0 Å². The highest BCUT2D eigenvalue weighted by Crippen LogP contribution is 2.38. The summed E-state index contributed by atoms with van der Waals surface area (Å²) in [6.07, 6.45) is 0. The Kier molecular flexibility index (Phi) is 8.42. The molecule has 3 aromatic heterocycles. The molecule has 12 aromatic rings. The van der Waals surface area contributed by atoms with Gasteiger partial charge in [-0.1, -0.05) is 158 Å². The highest BCUT2D eigenvalue weighted by Gasteiger charge is 2.17. The van der Waals surface area contributed by atoms with Gasteiger partial charge >= 0.3 is 0 Å². The molecule has 0 atom stereocenters. The normalized spacial score (nSPS) is 11.5. The molecule has 3 heterocycles. The van der Waals surface area contributed by atoms with Gasteiger partial charge in [-0.25, -0.2) is 15.0 Å². The molecule has 0 saturated heterocycles. The van der Waals surface area contributed by atoms with E-state index >= 15 is 0 Å². The molecule has 0 radical (unpaired) electrons. The first-order chi connectivity index (χ1) is 30.7. The third-order valence-electron chi connectivity index (χ3n) is 11.9. The maximum absolute atomic E-state index is 6.36. The van der Waals surface area contributed by atoms with Crippen molar-refractivity contribution in [2.24, 2.45) is 0 Å². The maximum atomic E-state index is 6.36. The molecule has 5 nitrogen and oxygen atoms in total. The zero-order valence-electron chi connectivity index (χ0n) is 33.5. The Morgan fingerprint density at radius 3 is 1.26 bits per heavy atom. The molecule has 0 N–H and O–H groups in total.